The van der Waals surface area contributed by atoms with Gasteiger partial charge in [0.1, 0.15) is 34.0 Å². The lowest BCUT2D eigenvalue weighted by Gasteiger charge is -2.30. The molecule has 1 aromatic carbocycles. The maximum absolute atomic E-state index is 12.6. The van der Waals surface area contributed by atoms with Crippen molar-refractivity contribution >= 4 is 52.3 Å². The molecule has 1 aliphatic heterocycles. The Morgan fingerprint density at radius 1 is 0.792 bits per heavy atom. The van der Waals surface area contributed by atoms with Crippen molar-refractivity contribution in [2.45, 2.75) is 60.3 Å². The Hall–Kier alpha value is -3.22. The number of carboxylic acid groups (broad SMARTS) is 3. The minimum Gasteiger partial charge on any atom is -0.494 e. The van der Waals surface area contributed by atoms with Crippen LogP contribution in [0.25, 0.3) is 0 Å². The molecule has 1 fully saturated rings. The van der Waals surface area contributed by atoms with Crippen molar-refractivity contribution in [3.8, 4) is 5.75 Å². The van der Waals surface area contributed by atoms with Crippen molar-refractivity contribution in [1.82, 2.24) is 25.3 Å². The third-order valence-corrected chi connectivity index (χ3v) is 9.86. The average Bonchev–Trinajstić information content (AvgIpc) is 3.20. The highest BCUT2D eigenvalue weighted by molar-refractivity contribution is 14.1. The van der Waals surface area contributed by atoms with E-state index in [0.717, 1.165) is 12.7 Å². The Balaban J connectivity index is 1.73. The number of rotatable bonds is 23. The van der Waals surface area contributed by atoms with Gasteiger partial charge in [0.2, 0.25) is 11.8 Å². The van der Waals surface area contributed by atoms with E-state index in [9.17, 15) is 59.7 Å². The molecule has 0 radical (unpaired) electrons. The Bertz CT molecular complexity index is 1280. The predicted octanol–water partition coefficient (Wildman–Crippen LogP) is -2.60. The molecule has 2 amide bonds. The Kier molecular flexibility index (Phi) is 21.0. The normalized spacial score (nSPS) is 18.2. The van der Waals surface area contributed by atoms with Crippen molar-refractivity contribution in [3.05, 3.63) is 29.8 Å². The molecule has 19 nitrogen and oxygen atoms in total. The van der Waals surface area contributed by atoms with E-state index in [2.05, 4.69) is 15.4 Å². The second-order valence-corrected chi connectivity index (χ2v) is 13.8. The van der Waals surface area contributed by atoms with E-state index in [1.807, 2.05) is 12.1 Å². The maximum Gasteiger partial charge on any atom is 0.320 e. The summed E-state index contributed by atoms with van der Waals surface area (Å²) in [7, 11) is 1.11. The summed E-state index contributed by atoms with van der Waals surface area (Å²) < 4.78 is 9.14. The molecule has 20 heteroatoms. The highest BCUT2D eigenvalue weighted by atomic mass is 127. The van der Waals surface area contributed by atoms with Gasteiger partial charge in [0, 0.05) is 65.9 Å². The lowest BCUT2D eigenvalue weighted by atomic mass is 10.0. The molecule has 1 aliphatic rings. The standard InChI is InChI=1S/C33H52IN5O14/c1-52-33(51)30(47)29(46)28(45)27(34)31(48)36-11-9-21-3-5-22(6-4-21)53-18-2-10-35-24(40)8-7-23(32(49)50)39-16-14-37(19-25(41)42)12-13-38(15-17-39)20-26(43)44/h3-6,23,27-30,33,45-47,51H,2,7-20H2,1H3,(H,35,40)(H,36,48)(H,41,42)(H,43,44)(H,49,50). The van der Waals surface area contributed by atoms with Gasteiger partial charge in [-0.2, -0.15) is 0 Å². The van der Waals surface area contributed by atoms with Crippen LogP contribution in [-0.2, 0) is 35.1 Å². The van der Waals surface area contributed by atoms with Crippen LogP contribution in [0.2, 0.25) is 0 Å². The van der Waals surface area contributed by atoms with Crippen LogP contribution in [0, 0.1) is 0 Å². The van der Waals surface area contributed by atoms with Gasteiger partial charge in [-0.15, -0.1) is 0 Å². The van der Waals surface area contributed by atoms with Crippen LogP contribution in [-0.4, -0.2) is 194 Å². The number of methoxy groups -OCH3 is 1. The van der Waals surface area contributed by atoms with Gasteiger partial charge in [0.15, 0.2) is 6.29 Å². The minimum atomic E-state index is -1.81. The number of carboxylic acids is 3. The fourth-order valence-corrected chi connectivity index (χ4v) is 6.14. The number of alkyl halides is 1. The van der Waals surface area contributed by atoms with Crippen molar-refractivity contribution in [3.63, 3.8) is 0 Å². The summed E-state index contributed by atoms with van der Waals surface area (Å²) in [5.74, 6) is -3.52. The molecule has 300 valence electrons. The third kappa shape index (κ3) is 17.2. The fraction of sp³-hybridized carbons (Fsp3) is 0.667. The van der Waals surface area contributed by atoms with Gasteiger partial charge in [-0.1, -0.05) is 34.7 Å². The number of aliphatic carboxylic acids is 3. The fourth-order valence-electron chi connectivity index (χ4n) is 5.50. The summed E-state index contributed by atoms with van der Waals surface area (Å²) in [4.78, 5) is 64.7. The zero-order valence-electron chi connectivity index (χ0n) is 29.6. The number of carbonyl (C=O) groups is 5. The zero-order valence-corrected chi connectivity index (χ0v) is 31.7. The Morgan fingerprint density at radius 2 is 1.36 bits per heavy atom. The summed E-state index contributed by atoms with van der Waals surface area (Å²) in [5.41, 5.74) is 0.885. The number of halogens is 1. The number of nitrogens with one attached hydrogen (secondary N) is 2. The number of nitrogens with zero attached hydrogens (tertiary/aromatic N) is 3. The van der Waals surface area contributed by atoms with Crippen LogP contribution in [0.1, 0.15) is 24.8 Å². The van der Waals surface area contributed by atoms with Crippen molar-refractivity contribution in [2.75, 3.05) is 79.2 Å². The first kappa shape index (κ1) is 45.9. The molecule has 0 spiro atoms. The summed E-state index contributed by atoms with van der Waals surface area (Å²) in [6.07, 6.45) is -6.11. The molecule has 6 unspecified atom stereocenters. The van der Waals surface area contributed by atoms with Gasteiger partial charge >= 0.3 is 17.9 Å². The molecule has 0 saturated carbocycles. The smallest absolute Gasteiger partial charge is 0.320 e. The number of ether oxygens (including phenoxy) is 2. The number of hydrogen-bond donors (Lipinski definition) is 9. The lowest BCUT2D eigenvalue weighted by Crippen LogP contribution is -2.51. The molecule has 9 N–H and O–H groups in total. The minimum absolute atomic E-state index is 0.0132. The lowest BCUT2D eigenvalue weighted by molar-refractivity contribution is -0.190. The Labute approximate surface area is 321 Å². The molecular weight excluding hydrogens is 817 g/mol. The highest BCUT2D eigenvalue weighted by Crippen LogP contribution is 2.17. The third-order valence-electron chi connectivity index (χ3n) is 8.56. The molecule has 2 rings (SSSR count). The molecule has 6 atom stereocenters. The number of aliphatic hydroxyl groups is 4. The van der Waals surface area contributed by atoms with Crippen LogP contribution >= 0.6 is 22.6 Å². The highest BCUT2D eigenvalue weighted by Gasteiger charge is 2.37. The summed E-state index contributed by atoms with van der Waals surface area (Å²) in [5, 5.41) is 73.4. The van der Waals surface area contributed by atoms with E-state index >= 15 is 0 Å². The summed E-state index contributed by atoms with van der Waals surface area (Å²) in [6.45, 7) is 1.98. The topological polar surface area (TPSA) is 279 Å². The Morgan fingerprint density at radius 3 is 1.89 bits per heavy atom. The van der Waals surface area contributed by atoms with Gasteiger partial charge in [-0.25, -0.2) is 0 Å². The molecule has 0 aromatic heterocycles. The van der Waals surface area contributed by atoms with Crippen LogP contribution in [0.15, 0.2) is 24.3 Å². The summed E-state index contributed by atoms with van der Waals surface area (Å²) >= 11 is 1.64. The quantitative estimate of drug-likeness (QED) is 0.0236. The molecule has 1 saturated heterocycles. The van der Waals surface area contributed by atoms with Gasteiger partial charge < -0.3 is 55.9 Å². The second-order valence-electron chi connectivity index (χ2n) is 12.5. The van der Waals surface area contributed by atoms with Crippen molar-refractivity contribution in [2.24, 2.45) is 0 Å². The van der Waals surface area contributed by atoms with Gasteiger partial charge in [-0.3, -0.25) is 38.7 Å². The van der Waals surface area contributed by atoms with E-state index in [1.165, 1.54) is 0 Å². The van der Waals surface area contributed by atoms with E-state index < -0.39 is 58.4 Å². The monoisotopic (exact) mass is 869 g/mol. The van der Waals surface area contributed by atoms with Crippen molar-refractivity contribution in [1.29, 1.82) is 0 Å². The van der Waals surface area contributed by atoms with E-state index in [-0.39, 0.29) is 64.6 Å². The first-order chi connectivity index (χ1) is 25.1. The van der Waals surface area contributed by atoms with Crippen molar-refractivity contribution < 1.29 is 69.2 Å². The predicted molar refractivity (Wildman–Crippen MR) is 196 cm³/mol. The van der Waals surface area contributed by atoms with Gasteiger partial charge in [-0.05, 0) is 37.0 Å². The average molecular weight is 870 g/mol. The SMILES string of the molecule is COC(O)C(O)C(O)C(O)C(I)C(=O)NCCc1ccc(OCCCNC(=O)CCC(C(=O)O)N2CCN(CC(=O)O)CCN(CC(=O)O)CC2)cc1. The zero-order chi connectivity index (χ0) is 39.5. The van der Waals surface area contributed by atoms with E-state index in [4.69, 9.17) is 4.74 Å². The molecule has 0 bridgehead atoms. The number of amides is 2. The van der Waals surface area contributed by atoms with E-state index in [1.54, 1.807) is 49.4 Å². The molecule has 1 aromatic rings. The maximum atomic E-state index is 12.6. The number of benzene rings is 1. The number of aliphatic hydroxyl groups excluding tert-OH is 4. The number of carbonyl (C=O) groups excluding carboxylic acids is 2. The van der Waals surface area contributed by atoms with Crippen LogP contribution in [0.5, 0.6) is 5.75 Å². The largest absolute Gasteiger partial charge is 0.494 e. The van der Waals surface area contributed by atoms with E-state index in [0.29, 0.717) is 44.8 Å². The van der Waals surface area contributed by atoms with Crippen LogP contribution < -0.4 is 15.4 Å². The first-order valence-corrected chi connectivity index (χ1v) is 18.4. The number of hydrogen-bond acceptors (Lipinski definition) is 14. The van der Waals surface area contributed by atoms with Gasteiger partial charge in [0.05, 0.1) is 19.7 Å². The van der Waals surface area contributed by atoms with Crippen LogP contribution in [0.3, 0.4) is 0 Å². The second kappa shape index (κ2) is 24.2. The molecular formula is C33H52IN5O14. The molecule has 1 heterocycles. The van der Waals surface area contributed by atoms with Crippen LogP contribution in [0.4, 0.5) is 0 Å². The van der Waals surface area contributed by atoms with Gasteiger partial charge in [0.25, 0.3) is 0 Å². The molecule has 53 heavy (non-hydrogen) atoms. The summed E-state index contributed by atoms with van der Waals surface area (Å²) in [6, 6.07) is 6.10. The first-order valence-electron chi connectivity index (χ1n) is 17.1. The molecule has 0 aliphatic carbocycles.